The van der Waals surface area contributed by atoms with Crippen LogP contribution in [-0.4, -0.2) is 47.8 Å². The number of nitrogens with one attached hydrogen (secondary N) is 2. The summed E-state index contributed by atoms with van der Waals surface area (Å²) >= 11 is 12.1. The number of hydrogen-bond acceptors (Lipinski definition) is 5. The first-order valence-electron chi connectivity index (χ1n) is 13.8. The highest BCUT2D eigenvalue weighted by Crippen LogP contribution is 2.41. The van der Waals surface area contributed by atoms with Crippen molar-refractivity contribution in [2.24, 2.45) is 0 Å². The topological polar surface area (TPSA) is 56.3 Å². The third-order valence-corrected chi connectivity index (χ3v) is 8.60. The Balaban J connectivity index is 1.32. The molecule has 5 rings (SSSR count). The molecule has 1 saturated carbocycles. The zero-order valence-electron chi connectivity index (χ0n) is 21.3. The highest BCUT2D eigenvalue weighted by molar-refractivity contribution is 7.80. The third-order valence-electron chi connectivity index (χ3n) is 8.12. The van der Waals surface area contributed by atoms with Crippen molar-refractivity contribution in [3.63, 3.8) is 0 Å². The monoisotopic (exact) mass is 526 g/mol. The van der Waals surface area contributed by atoms with Crippen LogP contribution >= 0.6 is 23.8 Å². The number of hydrogen-bond donors (Lipinski definition) is 2. The summed E-state index contributed by atoms with van der Waals surface area (Å²) in [6, 6.07) is 10.5. The normalized spacial score (nSPS) is 20.1. The molecule has 2 N–H and O–H groups in total. The summed E-state index contributed by atoms with van der Waals surface area (Å²) in [6.45, 7) is 5.01. The molecule has 0 bridgehead atoms. The summed E-state index contributed by atoms with van der Waals surface area (Å²) in [5.74, 6) is 2.63. The molecule has 1 aliphatic carbocycles. The molecule has 0 amide bonds. The molecule has 2 aromatic rings. The van der Waals surface area contributed by atoms with Gasteiger partial charge in [-0.1, -0.05) is 49.4 Å². The van der Waals surface area contributed by atoms with Crippen LogP contribution in [0.4, 0.5) is 17.6 Å². The standard InChI is InChI=1S/C28H39ClN6S/c29-23-12-10-11-22(19-23)28(13-4-5-14-28)21-30-27(36)33-26-31-24(34-15-6-1-2-7-16-34)20-25(32-26)35-17-8-3-9-18-35/h10-12,19-20H,1-9,13-18,21H2,(H2,30,31,32,33,36). The van der Waals surface area contributed by atoms with E-state index in [-0.39, 0.29) is 5.41 Å². The molecule has 36 heavy (non-hydrogen) atoms. The average molecular weight is 527 g/mol. The van der Waals surface area contributed by atoms with Gasteiger partial charge in [-0.2, -0.15) is 9.97 Å². The number of benzene rings is 1. The van der Waals surface area contributed by atoms with Gasteiger partial charge in [0.2, 0.25) is 5.95 Å². The molecule has 2 saturated heterocycles. The maximum atomic E-state index is 6.34. The molecule has 1 aromatic heterocycles. The molecule has 2 aliphatic heterocycles. The van der Waals surface area contributed by atoms with Crippen molar-refractivity contribution in [1.82, 2.24) is 15.3 Å². The predicted octanol–water partition coefficient (Wildman–Crippen LogP) is 6.30. The molecule has 0 atom stereocenters. The Morgan fingerprint density at radius 3 is 2.00 bits per heavy atom. The lowest BCUT2D eigenvalue weighted by molar-refractivity contribution is 0.435. The zero-order chi connectivity index (χ0) is 24.8. The van der Waals surface area contributed by atoms with Crippen molar-refractivity contribution in [3.05, 3.63) is 40.9 Å². The van der Waals surface area contributed by atoms with Gasteiger partial charge in [-0.25, -0.2) is 0 Å². The molecule has 194 valence electrons. The lowest BCUT2D eigenvalue weighted by atomic mass is 9.79. The van der Waals surface area contributed by atoms with Crippen molar-refractivity contribution in [2.75, 3.05) is 47.8 Å². The number of anilines is 3. The first-order chi connectivity index (χ1) is 17.6. The second-order valence-electron chi connectivity index (χ2n) is 10.7. The van der Waals surface area contributed by atoms with Crippen molar-refractivity contribution < 1.29 is 0 Å². The minimum Gasteiger partial charge on any atom is -0.361 e. The van der Waals surface area contributed by atoms with Gasteiger partial charge >= 0.3 is 0 Å². The molecule has 0 unspecified atom stereocenters. The Morgan fingerprint density at radius 2 is 1.42 bits per heavy atom. The van der Waals surface area contributed by atoms with Gasteiger partial charge in [0, 0.05) is 49.2 Å². The molecular formula is C28H39ClN6S. The highest BCUT2D eigenvalue weighted by atomic mass is 35.5. The lowest BCUT2D eigenvalue weighted by Crippen LogP contribution is -2.41. The van der Waals surface area contributed by atoms with Crippen LogP contribution in [0.3, 0.4) is 0 Å². The fraction of sp³-hybridized carbons (Fsp3) is 0.607. The van der Waals surface area contributed by atoms with E-state index in [9.17, 15) is 0 Å². The SMILES string of the molecule is S=C(NCC1(c2cccc(Cl)c2)CCCC1)Nc1nc(N2CCCCCC2)cc(N2CCCCC2)n1. The van der Waals surface area contributed by atoms with Crippen LogP contribution in [0.1, 0.15) is 76.2 Å². The maximum Gasteiger partial charge on any atom is 0.232 e. The number of thiocarbonyl (C=S) groups is 1. The van der Waals surface area contributed by atoms with Gasteiger partial charge in [-0.05, 0) is 74.9 Å². The van der Waals surface area contributed by atoms with Gasteiger partial charge in [-0.3, -0.25) is 0 Å². The first kappa shape index (κ1) is 25.5. The average Bonchev–Trinajstić information content (AvgIpc) is 3.22. The van der Waals surface area contributed by atoms with Gasteiger partial charge in [0.05, 0.1) is 0 Å². The minimum atomic E-state index is 0.0599. The predicted molar refractivity (Wildman–Crippen MR) is 155 cm³/mol. The Kier molecular flexibility index (Phi) is 8.47. The van der Waals surface area contributed by atoms with Crippen LogP contribution in [0.2, 0.25) is 5.02 Å². The van der Waals surface area contributed by atoms with Gasteiger partial charge in [0.15, 0.2) is 5.11 Å². The van der Waals surface area contributed by atoms with Crippen LogP contribution in [-0.2, 0) is 5.41 Å². The molecule has 0 spiro atoms. The van der Waals surface area contributed by atoms with Crippen molar-refractivity contribution >= 4 is 46.5 Å². The quantitative estimate of drug-likeness (QED) is 0.428. The molecule has 0 radical (unpaired) electrons. The second-order valence-corrected chi connectivity index (χ2v) is 11.5. The lowest BCUT2D eigenvalue weighted by Gasteiger charge is -2.31. The van der Waals surface area contributed by atoms with Crippen LogP contribution in [0.5, 0.6) is 0 Å². The van der Waals surface area contributed by atoms with E-state index in [2.05, 4.69) is 44.7 Å². The molecule has 3 fully saturated rings. The molecule has 3 heterocycles. The smallest absolute Gasteiger partial charge is 0.232 e. The van der Waals surface area contributed by atoms with Gasteiger partial charge < -0.3 is 20.4 Å². The largest absolute Gasteiger partial charge is 0.361 e. The number of halogens is 1. The number of nitrogens with zero attached hydrogens (tertiary/aromatic N) is 4. The van der Waals surface area contributed by atoms with E-state index in [1.54, 1.807) is 0 Å². The van der Waals surface area contributed by atoms with Gasteiger partial charge in [-0.15, -0.1) is 0 Å². The Bertz CT molecular complexity index is 1030. The van der Waals surface area contributed by atoms with E-state index >= 15 is 0 Å². The summed E-state index contributed by atoms with van der Waals surface area (Å²) in [7, 11) is 0. The van der Waals surface area contributed by atoms with Crippen LogP contribution in [0, 0.1) is 0 Å². The van der Waals surface area contributed by atoms with Crippen LogP contribution < -0.4 is 20.4 Å². The minimum absolute atomic E-state index is 0.0599. The van der Waals surface area contributed by atoms with E-state index in [4.69, 9.17) is 33.8 Å². The summed E-state index contributed by atoms with van der Waals surface area (Å²) in [5, 5.41) is 8.23. The molecule has 6 nitrogen and oxygen atoms in total. The van der Waals surface area contributed by atoms with Crippen LogP contribution in [0.15, 0.2) is 30.3 Å². The van der Waals surface area contributed by atoms with Gasteiger partial charge in [0.1, 0.15) is 11.6 Å². The van der Waals surface area contributed by atoms with E-state index in [1.807, 2.05) is 6.07 Å². The van der Waals surface area contributed by atoms with E-state index in [1.165, 1.54) is 63.4 Å². The van der Waals surface area contributed by atoms with Gasteiger partial charge in [0.25, 0.3) is 0 Å². The first-order valence-corrected chi connectivity index (χ1v) is 14.6. The fourth-order valence-electron chi connectivity index (χ4n) is 6.06. The van der Waals surface area contributed by atoms with Crippen molar-refractivity contribution in [2.45, 2.75) is 76.0 Å². The second kappa shape index (κ2) is 12.0. The summed E-state index contributed by atoms with van der Waals surface area (Å²) in [6.07, 6.45) is 13.5. The van der Waals surface area contributed by atoms with Crippen LogP contribution in [0.25, 0.3) is 0 Å². The number of piperidine rings is 1. The molecular weight excluding hydrogens is 488 g/mol. The Hall–Kier alpha value is -2.12. The summed E-state index contributed by atoms with van der Waals surface area (Å²) in [4.78, 5) is 14.7. The molecule has 3 aliphatic rings. The molecule has 8 heteroatoms. The van der Waals surface area contributed by atoms with Crippen molar-refractivity contribution in [1.29, 1.82) is 0 Å². The number of rotatable bonds is 6. The summed E-state index contributed by atoms with van der Waals surface area (Å²) in [5.41, 5.74) is 1.36. The highest BCUT2D eigenvalue weighted by Gasteiger charge is 2.35. The fourth-order valence-corrected chi connectivity index (χ4v) is 6.41. The Morgan fingerprint density at radius 1 is 0.833 bits per heavy atom. The maximum absolute atomic E-state index is 6.34. The van der Waals surface area contributed by atoms with E-state index < -0.39 is 0 Å². The van der Waals surface area contributed by atoms with E-state index in [0.29, 0.717) is 11.1 Å². The van der Waals surface area contributed by atoms with E-state index in [0.717, 1.165) is 62.2 Å². The summed E-state index contributed by atoms with van der Waals surface area (Å²) < 4.78 is 0. The third kappa shape index (κ3) is 6.23. The zero-order valence-corrected chi connectivity index (χ0v) is 22.8. The molecule has 1 aromatic carbocycles. The Labute approximate surface area is 226 Å². The number of aromatic nitrogens is 2. The van der Waals surface area contributed by atoms with Crippen molar-refractivity contribution in [3.8, 4) is 0 Å².